The Morgan fingerprint density at radius 1 is 1.36 bits per heavy atom. The summed E-state index contributed by atoms with van der Waals surface area (Å²) in [5.41, 5.74) is 1.11. The van der Waals surface area contributed by atoms with Crippen molar-refractivity contribution in [2.45, 2.75) is 0 Å². The van der Waals surface area contributed by atoms with Crippen molar-refractivity contribution in [3.8, 4) is 0 Å². The summed E-state index contributed by atoms with van der Waals surface area (Å²) in [4.78, 5) is 3.85. The summed E-state index contributed by atoms with van der Waals surface area (Å²) in [6.07, 6.45) is 5.29. The van der Waals surface area contributed by atoms with Crippen LogP contribution in [0, 0.1) is 0 Å². The Morgan fingerprint density at radius 3 is 2.09 bits per heavy atom. The van der Waals surface area contributed by atoms with Gasteiger partial charge in [-0.15, -0.1) is 0 Å². The summed E-state index contributed by atoms with van der Waals surface area (Å²) in [6, 6.07) is 3.82. The second-order valence-electron chi connectivity index (χ2n) is 1.54. The normalized spacial score (nSPS) is 8.18. The third-order valence-corrected chi connectivity index (χ3v) is 0.942. The summed E-state index contributed by atoms with van der Waals surface area (Å²) >= 11 is -0.466. The molecule has 0 spiro atoms. The van der Waals surface area contributed by atoms with Gasteiger partial charge in [-0.25, -0.2) is 0 Å². The van der Waals surface area contributed by atoms with Crippen LogP contribution in [0.2, 0.25) is 0 Å². The van der Waals surface area contributed by atoms with E-state index in [1.54, 1.807) is 18.5 Å². The van der Waals surface area contributed by atoms with Crippen LogP contribution in [0.5, 0.6) is 0 Å². The zero-order chi connectivity index (χ0) is 8.53. The fourth-order valence-corrected chi connectivity index (χ4v) is 0.500. The number of halogens is 3. The molecule has 0 saturated heterocycles. The van der Waals surface area contributed by atoms with E-state index in [2.05, 4.69) is 11.6 Å². The first-order valence-electron chi connectivity index (χ1n) is 2.74. The first-order chi connectivity index (χ1) is 5.35. The van der Waals surface area contributed by atoms with Gasteiger partial charge in [-0.2, -0.15) is 0 Å². The topological polar surface area (TPSA) is 12.9 Å². The van der Waals surface area contributed by atoms with Crippen LogP contribution in [0.15, 0.2) is 31.1 Å². The molecule has 0 aromatic carbocycles. The Kier molecular flexibility index (Phi) is 8.45. The molecule has 1 rings (SSSR count). The first kappa shape index (κ1) is 11.2. The minimum atomic E-state index is -0.466. The molecule has 11 heavy (non-hydrogen) atoms. The van der Waals surface area contributed by atoms with Gasteiger partial charge < -0.3 is 0 Å². The van der Waals surface area contributed by atoms with Gasteiger partial charge in [-0.05, 0) is 17.7 Å². The molecular formula is C7H7Cl2IN-. The predicted octanol–water partition coefficient (Wildman–Crippen LogP) is 0.108. The average molecular weight is 303 g/mol. The van der Waals surface area contributed by atoms with Gasteiger partial charge in [0, 0.05) is 12.4 Å². The number of nitrogens with zero attached hydrogens (tertiary/aromatic N) is 1. The Morgan fingerprint density at radius 2 is 1.82 bits per heavy atom. The molecule has 62 valence electrons. The molecule has 1 nitrogen and oxygen atoms in total. The molecule has 0 saturated carbocycles. The van der Waals surface area contributed by atoms with Crippen molar-refractivity contribution in [1.29, 1.82) is 0 Å². The van der Waals surface area contributed by atoms with Crippen LogP contribution in [-0.4, -0.2) is 4.98 Å². The second-order valence-corrected chi connectivity index (χ2v) is 4.74. The van der Waals surface area contributed by atoms with Crippen molar-refractivity contribution in [2.75, 3.05) is 0 Å². The monoisotopic (exact) mass is 302 g/mol. The fourth-order valence-electron chi connectivity index (χ4n) is 0.500. The molecule has 0 radical (unpaired) electrons. The number of hydrogen-bond acceptors (Lipinski definition) is 1. The van der Waals surface area contributed by atoms with Gasteiger partial charge in [-0.1, -0.05) is 12.7 Å². The van der Waals surface area contributed by atoms with Crippen LogP contribution in [0.4, 0.5) is 0 Å². The van der Waals surface area contributed by atoms with Gasteiger partial charge in [0.05, 0.1) is 0 Å². The second kappa shape index (κ2) is 8.30. The maximum absolute atomic E-state index is 4.87. The van der Waals surface area contributed by atoms with Crippen molar-refractivity contribution in [3.05, 3.63) is 36.7 Å². The van der Waals surface area contributed by atoms with E-state index < -0.39 is 18.9 Å². The standard InChI is InChI=1S/C7H7N.Cl2I/c1-2-7-3-5-8-6-4-7;1-3-2/h2-6H,1H2;/q;-1. The SMILES string of the molecule is C=Cc1ccncc1.Cl[I-]Cl. The molecule has 4 heteroatoms. The van der Waals surface area contributed by atoms with Crippen LogP contribution in [-0.2, 0) is 0 Å². The Balaban J connectivity index is 0.000000292. The van der Waals surface area contributed by atoms with Crippen molar-refractivity contribution in [3.63, 3.8) is 0 Å². The summed E-state index contributed by atoms with van der Waals surface area (Å²) in [5.74, 6) is 0. The fraction of sp³-hybridized carbons (Fsp3) is 0. The van der Waals surface area contributed by atoms with Gasteiger partial charge in [-0.3, -0.25) is 4.98 Å². The molecule has 0 unspecified atom stereocenters. The average Bonchev–Trinajstić information content (AvgIpc) is 2.08. The molecule has 0 aliphatic heterocycles. The van der Waals surface area contributed by atoms with Crippen LogP contribution in [0.3, 0.4) is 0 Å². The Bertz CT molecular complexity index is 191. The summed E-state index contributed by atoms with van der Waals surface area (Å²) in [6.45, 7) is 3.60. The molecule has 0 aliphatic rings. The van der Waals surface area contributed by atoms with E-state index in [4.69, 9.17) is 17.8 Å². The van der Waals surface area contributed by atoms with Gasteiger partial charge in [0.2, 0.25) is 0 Å². The zero-order valence-electron chi connectivity index (χ0n) is 5.67. The molecule has 0 atom stereocenters. The van der Waals surface area contributed by atoms with E-state index in [1.807, 2.05) is 12.1 Å². The minimum absolute atomic E-state index is 0.466. The molecule has 1 aromatic heterocycles. The van der Waals surface area contributed by atoms with Crippen LogP contribution in [0.25, 0.3) is 6.08 Å². The van der Waals surface area contributed by atoms with E-state index >= 15 is 0 Å². The third kappa shape index (κ3) is 6.59. The molecule has 0 N–H and O–H groups in total. The third-order valence-electron chi connectivity index (χ3n) is 0.942. The first-order valence-corrected chi connectivity index (χ1v) is 8.21. The number of hydrogen-bond donors (Lipinski definition) is 0. The Hall–Kier alpha value is 0.200. The van der Waals surface area contributed by atoms with E-state index in [1.165, 1.54) is 0 Å². The molecule has 1 aromatic rings. The molecule has 0 amide bonds. The maximum atomic E-state index is 4.87. The van der Waals surface area contributed by atoms with E-state index in [9.17, 15) is 0 Å². The van der Waals surface area contributed by atoms with Crippen LogP contribution in [0.1, 0.15) is 5.56 Å². The molecule has 0 fully saturated rings. The summed E-state index contributed by atoms with van der Waals surface area (Å²) < 4.78 is 0. The molecular weight excluding hydrogens is 296 g/mol. The predicted molar refractivity (Wildman–Crippen MR) is 46.0 cm³/mol. The van der Waals surface area contributed by atoms with Gasteiger partial charge in [0.25, 0.3) is 0 Å². The van der Waals surface area contributed by atoms with Crippen molar-refractivity contribution < 1.29 is 18.9 Å². The number of aromatic nitrogens is 1. The molecule has 0 aliphatic carbocycles. The van der Waals surface area contributed by atoms with Crippen molar-refractivity contribution >= 4 is 23.9 Å². The zero-order valence-corrected chi connectivity index (χ0v) is 9.34. The number of rotatable bonds is 1. The van der Waals surface area contributed by atoms with Gasteiger partial charge >= 0.3 is 36.8 Å². The summed E-state index contributed by atoms with van der Waals surface area (Å²) in [7, 11) is 9.75. The van der Waals surface area contributed by atoms with E-state index in [0.717, 1.165) is 5.56 Å². The van der Waals surface area contributed by atoms with Gasteiger partial charge in [0.15, 0.2) is 0 Å². The van der Waals surface area contributed by atoms with Crippen molar-refractivity contribution in [2.24, 2.45) is 0 Å². The van der Waals surface area contributed by atoms with Gasteiger partial charge in [0.1, 0.15) is 0 Å². The van der Waals surface area contributed by atoms with Crippen LogP contribution >= 0.6 is 17.8 Å². The number of pyridine rings is 1. The van der Waals surface area contributed by atoms with E-state index in [-0.39, 0.29) is 0 Å². The Labute approximate surface area is 84.1 Å². The molecule has 0 bridgehead atoms. The quantitative estimate of drug-likeness (QED) is 0.671. The van der Waals surface area contributed by atoms with E-state index in [0.29, 0.717) is 0 Å². The van der Waals surface area contributed by atoms with Crippen LogP contribution < -0.4 is 18.9 Å². The van der Waals surface area contributed by atoms with Crippen molar-refractivity contribution in [1.82, 2.24) is 4.98 Å². The molecule has 1 heterocycles. The summed E-state index contributed by atoms with van der Waals surface area (Å²) in [5, 5.41) is 0.